The summed E-state index contributed by atoms with van der Waals surface area (Å²) in [6.45, 7) is 2.33. The number of halogens is 3. The van der Waals surface area contributed by atoms with E-state index in [1.54, 1.807) is 37.6 Å². The molecule has 26 heavy (non-hydrogen) atoms. The van der Waals surface area contributed by atoms with Gasteiger partial charge in [0.15, 0.2) is 0 Å². The summed E-state index contributed by atoms with van der Waals surface area (Å²) < 4.78 is 49.7. The fourth-order valence-corrected chi connectivity index (χ4v) is 2.71. The molecule has 2 aromatic rings. The van der Waals surface area contributed by atoms with Crippen LogP contribution in [0.4, 0.5) is 24.5 Å². The van der Waals surface area contributed by atoms with Gasteiger partial charge in [-0.15, -0.1) is 0 Å². The number of benzene rings is 2. The fourth-order valence-electron chi connectivity index (χ4n) is 2.71. The zero-order valence-corrected chi connectivity index (χ0v) is 14.3. The summed E-state index contributed by atoms with van der Waals surface area (Å²) >= 11 is 0. The summed E-state index contributed by atoms with van der Waals surface area (Å²) in [5.74, 6) is 0.704. The second-order valence-electron chi connectivity index (χ2n) is 5.83. The van der Waals surface area contributed by atoms with Gasteiger partial charge in [0.05, 0.1) is 37.3 Å². The maximum Gasteiger partial charge on any atom is 0.416 e. The van der Waals surface area contributed by atoms with Gasteiger partial charge in [-0.1, -0.05) is 0 Å². The Labute approximate surface area is 149 Å². The van der Waals surface area contributed by atoms with Crippen LogP contribution in [0, 0.1) is 0 Å². The molecule has 2 aromatic carbocycles. The molecule has 0 aliphatic carbocycles. The van der Waals surface area contributed by atoms with Crippen LogP contribution in [0.2, 0.25) is 0 Å². The van der Waals surface area contributed by atoms with Crippen LogP contribution in [-0.4, -0.2) is 39.6 Å². The third-order valence-electron chi connectivity index (χ3n) is 4.12. The Hall–Kier alpha value is -2.54. The zero-order chi connectivity index (χ0) is 18.6. The molecule has 3 rings (SSSR count). The molecule has 1 fully saturated rings. The minimum atomic E-state index is -4.41. The van der Waals surface area contributed by atoms with Crippen LogP contribution >= 0.6 is 0 Å². The van der Waals surface area contributed by atoms with E-state index in [2.05, 4.69) is 4.99 Å². The molecule has 0 saturated carbocycles. The first kappa shape index (κ1) is 18.3. The van der Waals surface area contributed by atoms with Crippen molar-refractivity contribution in [2.24, 2.45) is 4.99 Å². The number of hydrogen-bond acceptors (Lipinski definition) is 4. The first-order valence-corrected chi connectivity index (χ1v) is 8.19. The number of morpholine rings is 1. The molecule has 0 amide bonds. The van der Waals surface area contributed by atoms with Crippen LogP contribution in [0.1, 0.15) is 11.1 Å². The zero-order valence-electron chi connectivity index (χ0n) is 14.3. The standard InChI is InChI=1S/C19H19F3N2O2/c1-25-16-5-2-14(3-6-16)13-23-17-12-15(19(20,21)22)4-7-18(17)24-8-10-26-11-9-24/h2-7,12-13H,8-11H2,1H3. The minimum Gasteiger partial charge on any atom is -0.497 e. The van der Waals surface area contributed by atoms with E-state index in [-0.39, 0.29) is 5.69 Å². The van der Waals surface area contributed by atoms with E-state index in [1.807, 2.05) is 4.90 Å². The molecule has 7 heteroatoms. The van der Waals surface area contributed by atoms with Crippen LogP contribution in [-0.2, 0) is 10.9 Å². The van der Waals surface area contributed by atoms with E-state index in [1.165, 1.54) is 6.07 Å². The molecule has 0 spiro atoms. The third-order valence-corrected chi connectivity index (χ3v) is 4.12. The van der Waals surface area contributed by atoms with Gasteiger partial charge in [-0.3, -0.25) is 4.99 Å². The summed E-state index contributed by atoms with van der Waals surface area (Å²) in [5, 5.41) is 0. The smallest absolute Gasteiger partial charge is 0.416 e. The quantitative estimate of drug-likeness (QED) is 0.759. The number of aliphatic imine (C=N–C) groups is 1. The van der Waals surface area contributed by atoms with E-state index in [4.69, 9.17) is 9.47 Å². The molecule has 0 aromatic heterocycles. The maximum absolute atomic E-state index is 13.1. The van der Waals surface area contributed by atoms with Crippen molar-refractivity contribution in [3.05, 3.63) is 53.6 Å². The molecule has 0 unspecified atom stereocenters. The highest BCUT2D eigenvalue weighted by atomic mass is 19.4. The number of hydrogen-bond donors (Lipinski definition) is 0. The van der Waals surface area contributed by atoms with E-state index in [9.17, 15) is 13.2 Å². The van der Waals surface area contributed by atoms with Gasteiger partial charge in [-0.2, -0.15) is 13.2 Å². The second-order valence-corrected chi connectivity index (χ2v) is 5.83. The summed E-state index contributed by atoms with van der Waals surface area (Å²) in [6, 6.07) is 10.8. The van der Waals surface area contributed by atoms with Crippen molar-refractivity contribution in [2.75, 3.05) is 38.3 Å². The Kier molecular flexibility index (Phi) is 5.46. The van der Waals surface area contributed by atoms with Crippen LogP contribution < -0.4 is 9.64 Å². The van der Waals surface area contributed by atoms with Gasteiger partial charge in [0.2, 0.25) is 0 Å². The number of nitrogens with zero attached hydrogens (tertiary/aromatic N) is 2. The molecule has 1 saturated heterocycles. The number of anilines is 1. The van der Waals surface area contributed by atoms with E-state index in [0.717, 1.165) is 17.7 Å². The van der Waals surface area contributed by atoms with Crippen molar-refractivity contribution in [1.82, 2.24) is 0 Å². The van der Waals surface area contributed by atoms with Gasteiger partial charge in [0, 0.05) is 19.3 Å². The Morgan fingerprint density at radius 1 is 1.08 bits per heavy atom. The molecular formula is C19H19F3N2O2. The van der Waals surface area contributed by atoms with Crippen LogP contribution in [0.5, 0.6) is 5.75 Å². The van der Waals surface area contributed by atoms with E-state index < -0.39 is 11.7 Å². The van der Waals surface area contributed by atoms with Gasteiger partial charge < -0.3 is 14.4 Å². The highest BCUT2D eigenvalue weighted by Crippen LogP contribution is 2.37. The van der Waals surface area contributed by atoms with E-state index in [0.29, 0.717) is 37.7 Å². The summed E-state index contributed by atoms with van der Waals surface area (Å²) in [5.41, 5.74) is 1.02. The number of methoxy groups -OCH3 is 1. The predicted molar refractivity (Wildman–Crippen MR) is 94.7 cm³/mol. The monoisotopic (exact) mass is 364 g/mol. The van der Waals surface area contributed by atoms with Gasteiger partial charge in [0.1, 0.15) is 5.75 Å². The van der Waals surface area contributed by atoms with Crippen molar-refractivity contribution in [3.8, 4) is 5.75 Å². The molecule has 0 N–H and O–H groups in total. The second kappa shape index (κ2) is 7.78. The summed E-state index contributed by atoms with van der Waals surface area (Å²) in [7, 11) is 1.57. The van der Waals surface area contributed by atoms with Gasteiger partial charge >= 0.3 is 6.18 Å². The first-order valence-electron chi connectivity index (χ1n) is 8.19. The fraction of sp³-hybridized carbons (Fsp3) is 0.316. The summed E-state index contributed by atoms with van der Waals surface area (Å²) in [6.07, 6.45) is -2.85. The normalized spacial score (nSPS) is 15.5. The number of alkyl halides is 3. The lowest BCUT2D eigenvalue weighted by Gasteiger charge is -2.30. The lowest BCUT2D eigenvalue weighted by Crippen LogP contribution is -2.36. The van der Waals surface area contributed by atoms with Crippen molar-refractivity contribution >= 4 is 17.6 Å². The third kappa shape index (κ3) is 4.35. The molecule has 0 radical (unpaired) electrons. The minimum absolute atomic E-state index is 0.289. The molecule has 1 heterocycles. The lowest BCUT2D eigenvalue weighted by molar-refractivity contribution is -0.137. The van der Waals surface area contributed by atoms with Crippen molar-refractivity contribution in [3.63, 3.8) is 0 Å². The average molecular weight is 364 g/mol. The van der Waals surface area contributed by atoms with Gasteiger partial charge in [-0.25, -0.2) is 0 Å². The number of ether oxygens (including phenoxy) is 2. The highest BCUT2D eigenvalue weighted by Gasteiger charge is 2.31. The molecular weight excluding hydrogens is 345 g/mol. The Morgan fingerprint density at radius 3 is 2.38 bits per heavy atom. The van der Waals surface area contributed by atoms with Crippen molar-refractivity contribution < 1.29 is 22.6 Å². The Balaban J connectivity index is 1.93. The molecule has 4 nitrogen and oxygen atoms in total. The predicted octanol–water partition coefficient (Wildman–Crippen LogP) is 4.30. The van der Waals surface area contributed by atoms with Crippen molar-refractivity contribution in [1.29, 1.82) is 0 Å². The van der Waals surface area contributed by atoms with Crippen LogP contribution in [0.15, 0.2) is 47.5 Å². The molecule has 138 valence electrons. The largest absolute Gasteiger partial charge is 0.497 e. The SMILES string of the molecule is COc1ccc(C=Nc2cc(C(F)(F)F)ccc2N2CCOCC2)cc1. The number of rotatable bonds is 4. The highest BCUT2D eigenvalue weighted by molar-refractivity contribution is 5.84. The lowest BCUT2D eigenvalue weighted by atomic mass is 10.1. The topological polar surface area (TPSA) is 34.1 Å². The molecule has 1 aliphatic rings. The molecule has 0 bridgehead atoms. The Bertz CT molecular complexity index is 767. The molecule has 1 aliphatic heterocycles. The summed E-state index contributed by atoms with van der Waals surface area (Å²) in [4.78, 5) is 6.32. The van der Waals surface area contributed by atoms with Crippen LogP contribution in [0.25, 0.3) is 0 Å². The Morgan fingerprint density at radius 2 is 1.77 bits per heavy atom. The average Bonchev–Trinajstić information content (AvgIpc) is 2.66. The van der Waals surface area contributed by atoms with E-state index >= 15 is 0 Å². The van der Waals surface area contributed by atoms with Crippen molar-refractivity contribution in [2.45, 2.75) is 6.18 Å². The van der Waals surface area contributed by atoms with Gasteiger partial charge in [-0.05, 0) is 48.0 Å². The van der Waals surface area contributed by atoms with Gasteiger partial charge in [0.25, 0.3) is 0 Å². The maximum atomic E-state index is 13.1. The van der Waals surface area contributed by atoms with Crippen LogP contribution in [0.3, 0.4) is 0 Å². The first-order chi connectivity index (χ1) is 12.5. The molecule has 0 atom stereocenters.